The van der Waals surface area contributed by atoms with Gasteiger partial charge in [0.05, 0.1) is 11.5 Å². The van der Waals surface area contributed by atoms with Crippen LogP contribution in [0.1, 0.15) is 45.0 Å². The summed E-state index contributed by atoms with van der Waals surface area (Å²) < 4.78 is 0. The van der Waals surface area contributed by atoms with Crippen LogP contribution in [0.25, 0.3) is 0 Å². The molecule has 0 aromatic heterocycles. The summed E-state index contributed by atoms with van der Waals surface area (Å²) in [6, 6.07) is 2.70. The molecule has 3 N–H and O–H groups in total. The Morgan fingerprint density at radius 1 is 1.21 bits per heavy atom. The third-order valence-electron chi connectivity index (χ3n) is 3.58. The first-order chi connectivity index (χ1) is 12.8. The van der Waals surface area contributed by atoms with Crippen LogP contribution in [-0.2, 0) is 9.59 Å². The first-order valence-corrected chi connectivity index (χ1v) is 9.03. The maximum atomic E-state index is 12.4. The number of nitrogens with one attached hydrogen (secondary N) is 3. The van der Waals surface area contributed by atoms with E-state index in [9.17, 15) is 24.5 Å². The SMILES string of the molecule is CC(C)[C@H](NC(=O)c1ccc(Cl)c([N+](=O)[O-])c1)C(=O)NCC(=O)NC(C)(C)C. The van der Waals surface area contributed by atoms with Crippen molar-refractivity contribution in [2.45, 2.75) is 46.2 Å². The number of rotatable bonds is 7. The van der Waals surface area contributed by atoms with E-state index >= 15 is 0 Å². The molecule has 1 rings (SSSR count). The number of halogens is 1. The molecule has 9 nitrogen and oxygen atoms in total. The molecule has 0 aliphatic carbocycles. The molecule has 0 saturated carbocycles. The zero-order valence-electron chi connectivity index (χ0n) is 16.5. The minimum Gasteiger partial charge on any atom is -0.350 e. The number of nitro groups is 1. The Morgan fingerprint density at radius 2 is 1.82 bits per heavy atom. The highest BCUT2D eigenvalue weighted by atomic mass is 35.5. The molecule has 0 aliphatic rings. The van der Waals surface area contributed by atoms with E-state index in [1.54, 1.807) is 13.8 Å². The van der Waals surface area contributed by atoms with Gasteiger partial charge in [0, 0.05) is 17.2 Å². The fourth-order valence-electron chi connectivity index (χ4n) is 2.29. The molecule has 3 amide bonds. The van der Waals surface area contributed by atoms with Gasteiger partial charge in [-0.05, 0) is 38.8 Å². The Labute approximate surface area is 168 Å². The summed E-state index contributed by atoms with van der Waals surface area (Å²) in [6.07, 6.45) is 0. The average molecular weight is 413 g/mol. The molecule has 0 fully saturated rings. The summed E-state index contributed by atoms with van der Waals surface area (Å²) in [4.78, 5) is 47.0. The number of nitrogens with zero attached hydrogens (tertiary/aromatic N) is 1. The van der Waals surface area contributed by atoms with Crippen LogP contribution < -0.4 is 16.0 Å². The lowest BCUT2D eigenvalue weighted by molar-refractivity contribution is -0.384. The predicted molar refractivity (Wildman–Crippen MR) is 105 cm³/mol. The smallest absolute Gasteiger partial charge is 0.288 e. The van der Waals surface area contributed by atoms with E-state index in [4.69, 9.17) is 11.6 Å². The first kappa shape index (κ1) is 23.4. The molecule has 154 valence electrons. The van der Waals surface area contributed by atoms with E-state index < -0.39 is 34.0 Å². The van der Waals surface area contributed by atoms with E-state index in [1.165, 1.54) is 12.1 Å². The highest BCUT2D eigenvalue weighted by Crippen LogP contribution is 2.25. The van der Waals surface area contributed by atoms with Gasteiger partial charge in [-0.15, -0.1) is 0 Å². The van der Waals surface area contributed by atoms with Gasteiger partial charge in [-0.25, -0.2) is 0 Å². The molecule has 0 bridgehead atoms. The quantitative estimate of drug-likeness (QED) is 0.466. The van der Waals surface area contributed by atoms with Gasteiger partial charge in [-0.1, -0.05) is 25.4 Å². The second-order valence-electron chi connectivity index (χ2n) is 7.63. The van der Waals surface area contributed by atoms with Crippen molar-refractivity contribution in [3.63, 3.8) is 0 Å². The lowest BCUT2D eigenvalue weighted by Crippen LogP contribution is -2.52. The van der Waals surface area contributed by atoms with Gasteiger partial charge in [-0.3, -0.25) is 24.5 Å². The van der Waals surface area contributed by atoms with Crippen LogP contribution >= 0.6 is 11.6 Å². The first-order valence-electron chi connectivity index (χ1n) is 8.65. The van der Waals surface area contributed by atoms with Crippen LogP contribution in [0, 0.1) is 16.0 Å². The van der Waals surface area contributed by atoms with Gasteiger partial charge < -0.3 is 16.0 Å². The Morgan fingerprint density at radius 3 is 2.32 bits per heavy atom. The molecule has 0 spiro atoms. The van der Waals surface area contributed by atoms with Crippen LogP contribution in [0.3, 0.4) is 0 Å². The van der Waals surface area contributed by atoms with Crippen molar-refractivity contribution >= 4 is 35.0 Å². The standard InChI is InChI=1S/C18H25ClN4O5/c1-10(2)15(17(26)20-9-14(24)22-18(3,4)5)21-16(25)11-6-7-12(19)13(8-11)23(27)28/h6-8,10,15H,9H2,1-5H3,(H,20,26)(H,21,25)(H,22,24)/t15-/m0/s1. The minimum absolute atomic E-state index is 0.0000237. The third kappa shape index (κ3) is 7.15. The zero-order valence-corrected chi connectivity index (χ0v) is 17.2. The van der Waals surface area contributed by atoms with Gasteiger partial charge in [-0.2, -0.15) is 0 Å². The molecular weight excluding hydrogens is 388 g/mol. The molecule has 1 aromatic carbocycles. The summed E-state index contributed by atoms with van der Waals surface area (Å²) >= 11 is 5.74. The molecule has 0 heterocycles. The van der Waals surface area contributed by atoms with Crippen LogP contribution in [0.5, 0.6) is 0 Å². The number of hydrogen-bond donors (Lipinski definition) is 3. The maximum absolute atomic E-state index is 12.4. The minimum atomic E-state index is -0.926. The molecule has 0 unspecified atom stereocenters. The molecular formula is C18H25ClN4O5. The Bertz CT molecular complexity index is 774. The Hall–Kier alpha value is -2.68. The van der Waals surface area contributed by atoms with Crippen molar-refractivity contribution in [3.05, 3.63) is 38.9 Å². The molecule has 28 heavy (non-hydrogen) atoms. The normalized spacial score (nSPS) is 12.2. The van der Waals surface area contributed by atoms with Gasteiger partial charge >= 0.3 is 0 Å². The molecule has 0 aliphatic heterocycles. The fraction of sp³-hybridized carbons (Fsp3) is 0.500. The maximum Gasteiger partial charge on any atom is 0.288 e. The van der Waals surface area contributed by atoms with Crippen molar-refractivity contribution in [2.24, 2.45) is 5.92 Å². The van der Waals surface area contributed by atoms with Gasteiger partial charge in [0.2, 0.25) is 11.8 Å². The van der Waals surface area contributed by atoms with Crippen molar-refractivity contribution in [1.82, 2.24) is 16.0 Å². The predicted octanol–water partition coefficient (Wildman–Crippen LogP) is 2.03. The third-order valence-corrected chi connectivity index (χ3v) is 3.90. The lowest BCUT2D eigenvalue weighted by Gasteiger charge is -2.23. The summed E-state index contributed by atoms with van der Waals surface area (Å²) in [5.74, 6) is -1.83. The van der Waals surface area contributed by atoms with Crippen molar-refractivity contribution in [1.29, 1.82) is 0 Å². The summed E-state index contributed by atoms with van der Waals surface area (Å²) in [6.45, 7) is 8.66. The van der Waals surface area contributed by atoms with Crippen LogP contribution in [0.15, 0.2) is 18.2 Å². The van der Waals surface area contributed by atoms with E-state index in [2.05, 4.69) is 16.0 Å². The molecule has 1 aromatic rings. The van der Waals surface area contributed by atoms with Crippen LogP contribution in [0.2, 0.25) is 5.02 Å². The van der Waals surface area contributed by atoms with Gasteiger partial charge in [0.15, 0.2) is 0 Å². The van der Waals surface area contributed by atoms with Gasteiger partial charge in [0.1, 0.15) is 11.1 Å². The molecule has 0 radical (unpaired) electrons. The number of carbonyl (C=O) groups excluding carboxylic acids is 3. The molecule has 0 saturated heterocycles. The number of benzene rings is 1. The van der Waals surface area contributed by atoms with Crippen LogP contribution in [-0.4, -0.2) is 40.8 Å². The number of carbonyl (C=O) groups is 3. The largest absolute Gasteiger partial charge is 0.350 e. The molecule has 1 atom stereocenters. The van der Waals surface area contributed by atoms with Crippen LogP contribution in [0.4, 0.5) is 5.69 Å². The highest BCUT2D eigenvalue weighted by molar-refractivity contribution is 6.32. The Balaban J connectivity index is 2.83. The van der Waals surface area contributed by atoms with Crippen molar-refractivity contribution in [3.8, 4) is 0 Å². The number of nitro benzene ring substituents is 1. The topological polar surface area (TPSA) is 130 Å². The second-order valence-corrected chi connectivity index (χ2v) is 8.04. The van der Waals surface area contributed by atoms with E-state index in [0.717, 1.165) is 6.07 Å². The van der Waals surface area contributed by atoms with E-state index in [0.29, 0.717) is 0 Å². The monoisotopic (exact) mass is 412 g/mol. The highest BCUT2D eigenvalue weighted by Gasteiger charge is 2.26. The van der Waals surface area contributed by atoms with E-state index in [-0.39, 0.29) is 29.0 Å². The van der Waals surface area contributed by atoms with E-state index in [1.807, 2.05) is 20.8 Å². The average Bonchev–Trinajstić information content (AvgIpc) is 2.55. The Kier molecular flexibility index (Phi) is 7.92. The van der Waals surface area contributed by atoms with Crippen molar-refractivity contribution in [2.75, 3.05) is 6.54 Å². The summed E-state index contributed by atoms with van der Waals surface area (Å²) in [7, 11) is 0. The number of amides is 3. The summed E-state index contributed by atoms with van der Waals surface area (Å²) in [5.41, 5.74) is -0.838. The molecule has 10 heteroatoms. The fourth-order valence-corrected chi connectivity index (χ4v) is 2.48. The summed E-state index contributed by atoms with van der Waals surface area (Å²) in [5, 5.41) is 18.6. The van der Waals surface area contributed by atoms with Gasteiger partial charge in [0.25, 0.3) is 11.6 Å². The van der Waals surface area contributed by atoms with Crippen molar-refractivity contribution < 1.29 is 19.3 Å². The zero-order chi connectivity index (χ0) is 21.6. The lowest BCUT2D eigenvalue weighted by atomic mass is 10.0. The second kappa shape index (κ2) is 9.50. The number of hydrogen-bond acceptors (Lipinski definition) is 5.